The Morgan fingerprint density at radius 3 is 2.73 bits per heavy atom. The number of hydrogen-bond acceptors (Lipinski definition) is 3. The van der Waals surface area contributed by atoms with Gasteiger partial charge in [-0.2, -0.15) is 11.8 Å². The van der Waals surface area contributed by atoms with Gasteiger partial charge in [-0.25, -0.2) is 0 Å². The molecule has 88 valence electrons. The van der Waals surface area contributed by atoms with Crippen LogP contribution in [0.4, 0.5) is 0 Å². The highest BCUT2D eigenvalue weighted by Gasteiger charge is 2.44. The standard InChI is InChI=1S/C12H24N2S/c1-10(2)13-11-4-7-14(8-11)9-12(15-3)5-6-12/h10-11,13H,4-9H2,1-3H3. The maximum absolute atomic E-state index is 3.65. The van der Waals surface area contributed by atoms with Gasteiger partial charge in [-0.05, 0) is 32.1 Å². The number of likely N-dealkylation sites (tertiary alicyclic amines) is 1. The van der Waals surface area contributed by atoms with E-state index in [0.717, 1.165) is 6.04 Å². The van der Waals surface area contributed by atoms with Crippen LogP contribution in [-0.4, -0.2) is 47.6 Å². The van der Waals surface area contributed by atoms with Gasteiger partial charge >= 0.3 is 0 Å². The van der Waals surface area contributed by atoms with E-state index < -0.39 is 0 Å². The molecule has 1 aliphatic carbocycles. The molecule has 1 atom stereocenters. The highest BCUT2D eigenvalue weighted by atomic mass is 32.2. The molecule has 1 saturated carbocycles. The average Bonchev–Trinajstić information content (AvgIpc) is 2.82. The first-order valence-electron chi connectivity index (χ1n) is 6.17. The van der Waals surface area contributed by atoms with E-state index in [1.165, 1.54) is 38.9 Å². The molecule has 0 bridgehead atoms. The molecule has 1 heterocycles. The van der Waals surface area contributed by atoms with E-state index >= 15 is 0 Å². The van der Waals surface area contributed by atoms with Crippen molar-refractivity contribution < 1.29 is 0 Å². The van der Waals surface area contributed by atoms with Gasteiger partial charge in [0.15, 0.2) is 0 Å². The molecule has 0 aromatic rings. The van der Waals surface area contributed by atoms with Gasteiger partial charge in [0.05, 0.1) is 0 Å². The van der Waals surface area contributed by atoms with Crippen LogP contribution in [-0.2, 0) is 0 Å². The summed E-state index contributed by atoms with van der Waals surface area (Å²) in [6, 6.07) is 1.37. The molecular formula is C12H24N2S. The maximum atomic E-state index is 3.65. The van der Waals surface area contributed by atoms with Crippen LogP contribution >= 0.6 is 11.8 Å². The third-order valence-corrected chi connectivity index (χ3v) is 5.00. The Balaban J connectivity index is 1.73. The minimum atomic E-state index is 0.630. The summed E-state index contributed by atoms with van der Waals surface area (Å²) in [6.45, 7) is 8.37. The zero-order chi connectivity index (χ0) is 10.9. The van der Waals surface area contributed by atoms with Crippen molar-refractivity contribution in [3.05, 3.63) is 0 Å². The molecule has 1 N–H and O–H groups in total. The zero-order valence-electron chi connectivity index (χ0n) is 10.3. The Kier molecular flexibility index (Phi) is 3.63. The Morgan fingerprint density at radius 2 is 2.20 bits per heavy atom. The Bertz CT molecular complexity index is 214. The Hall–Kier alpha value is 0.270. The van der Waals surface area contributed by atoms with Crippen LogP contribution in [0.25, 0.3) is 0 Å². The quantitative estimate of drug-likeness (QED) is 0.774. The molecule has 2 aliphatic rings. The van der Waals surface area contributed by atoms with Gasteiger partial charge in [0.2, 0.25) is 0 Å². The van der Waals surface area contributed by atoms with Crippen LogP contribution in [0.1, 0.15) is 33.1 Å². The van der Waals surface area contributed by atoms with Crippen LogP contribution in [0.3, 0.4) is 0 Å². The van der Waals surface area contributed by atoms with Crippen molar-refractivity contribution in [1.29, 1.82) is 0 Å². The lowest BCUT2D eigenvalue weighted by molar-refractivity contribution is 0.320. The molecule has 0 amide bonds. The van der Waals surface area contributed by atoms with Crippen LogP contribution in [0.5, 0.6) is 0 Å². The summed E-state index contributed by atoms with van der Waals surface area (Å²) >= 11 is 2.08. The lowest BCUT2D eigenvalue weighted by Gasteiger charge is -2.22. The summed E-state index contributed by atoms with van der Waals surface area (Å²) in [4.78, 5) is 2.66. The summed E-state index contributed by atoms with van der Waals surface area (Å²) in [6.07, 6.45) is 6.48. The van der Waals surface area contributed by atoms with E-state index in [9.17, 15) is 0 Å². The third-order valence-electron chi connectivity index (χ3n) is 3.59. The van der Waals surface area contributed by atoms with E-state index in [1.807, 2.05) is 0 Å². The molecule has 1 unspecified atom stereocenters. The van der Waals surface area contributed by atoms with Gasteiger partial charge in [-0.3, -0.25) is 0 Å². The van der Waals surface area contributed by atoms with Gasteiger partial charge in [-0.1, -0.05) is 13.8 Å². The maximum Gasteiger partial charge on any atom is 0.0285 e. The second-order valence-corrected chi connectivity index (χ2v) is 6.70. The SMILES string of the molecule is CSC1(CN2CCC(NC(C)C)C2)CC1. The van der Waals surface area contributed by atoms with Crippen molar-refractivity contribution in [2.24, 2.45) is 0 Å². The second-order valence-electron chi connectivity index (χ2n) is 5.43. The van der Waals surface area contributed by atoms with Crippen molar-refractivity contribution >= 4 is 11.8 Å². The fraction of sp³-hybridized carbons (Fsp3) is 1.00. The van der Waals surface area contributed by atoms with Crippen LogP contribution in [0, 0.1) is 0 Å². The normalized spacial score (nSPS) is 30.0. The summed E-state index contributed by atoms with van der Waals surface area (Å²) < 4.78 is 0.646. The van der Waals surface area contributed by atoms with Crippen LogP contribution in [0.2, 0.25) is 0 Å². The molecule has 1 aliphatic heterocycles. The predicted octanol–water partition coefficient (Wildman–Crippen LogP) is 1.95. The molecular weight excluding hydrogens is 204 g/mol. The minimum absolute atomic E-state index is 0.630. The number of nitrogens with zero attached hydrogens (tertiary/aromatic N) is 1. The smallest absolute Gasteiger partial charge is 0.0285 e. The first kappa shape index (κ1) is 11.7. The van der Waals surface area contributed by atoms with Crippen molar-refractivity contribution in [2.45, 2.75) is 49.9 Å². The van der Waals surface area contributed by atoms with E-state index in [0.29, 0.717) is 10.8 Å². The molecule has 2 nitrogen and oxygen atoms in total. The molecule has 0 radical (unpaired) electrons. The first-order valence-corrected chi connectivity index (χ1v) is 7.40. The first-order chi connectivity index (χ1) is 7.13. The monoisotopic (exact) mass is 228 g/mol. The van der Waals surface area contributed by atoms with E-state index in [2.05, 4.69) is 42.1 Å². The summed E-state index contributed by atoms with van der Waals surface area (Å²) in [5.74, 6) is 0. The Labute approximate surface area is 98.2 Å². The second kappa shape index (κ2) is 4.64. The number of nitrogens with one attached hydrogen (secondary N) is 1. The topological polar surface area (TPSA) is 15.3 Å². The summed E-state index contributed by atoms with van der Waals surface area (Å²) in [7, 11) is 0. The molecule has 2 fully saturated rings. The third kappa shape index (κ3) is 3.11. The fourth-order valence-electron chi connectivity index (χ4n) is 2.56. The summed E-state index contributed by atoms with van der Waals surface area (Å²) in [5, 5.41) is 3.65. The molecule has 0 spiro atoms. The molecule has 1 saturated heterocycles. The fourth-order valence-corrected chi connectivity index (χ4v) is 3.38. The molecule has 15 heavy (non-hydrogen) atoms. The van der Waals surface area contributed by atoms with E-state index in [1.54, 1.807) is 0 Å². The summed E-state index contributed by atoms with van der Waals surface area (Å²) in [5.41, 5.74) is 0. The van der Waals surface area contributed by atoms with Gasteiger partial charge in [0.1, 0.15) is 0 Å². The highest BCUT2D eigenvalue weighted by Crippen LogP contribution is 2.47. The molecule has 2 rings (SSSR count). The number of rotatable bonds is 5. The van der Waals surface area contributed by atoms with E-state index in [-0.39, 0.29) is 0 Å². The van der Waals surface area contributed by atoms with E-state index in [4.69, 9.17) is 0 Å². The lowest BCUT2D eigenvalue weighted by Crippen LogP contribution is -2.38. The van der Waals surface area contributed by atoms with Gasteiger partial charge in [0.25, 0.3) is 0 Å². The van der Waals surface area contributed by atoms with Crippen molar-refractivity contribution in [3.63, 3.8) is 0 Å². The highest BCUT2D eigenvalue weighted by molar-refractivity contribution is 8.00. The minimum Gasteiger partial charge on any atom is -0.310 e. The number of hydrogen-bond donors (Lipinski definition) is 1. The molecule has 0 aromatic heterocycles. The van der Waals surface area contributed by atoms with Crippen LogP contribution < -0.4 is 5.32 Å². The van der Waals surface area contributed by atoms with Gasteiger partial charge < -0.3 is 10.2 Å². The zero-order valence-corrected chi connectivity index (χ0v) is 11.1. The van der Waals surface area contributed by atoms with Gasteiger partial charge in [-0.15, -0.1) is 0 Å². The predicted molar refractivity (Wildman–Crippen MR) is 68.6 cm³/mol. The molecule has 0 aromatic carbocycles. The van der Waals surface area contributed by atoms with Crippen molar-refractivity contribution in [2.75, 3.05) is 25.9 Å². The Morgan fingerprint density at radius 1 is 1.47 bits per heavy atom. The number of thioether (sulfide) groups is 1. The van der Waals surface area contributed by atoms with Crippen molar-refractivity contribution in [1.82, 2.24) is 10.2 Å². The van der Waals surface area contributed by atoms with Crippen LogP contribution in [0.15, 0.2) is 0 Å². The largest absolute Gasteiger partial charge is 0.310 e. The average molecular weight is 228 g/mol. The van der Waals surface area contributed by atoms with Crippen molar-refractivity contribution in [3.8, 4) is 0 Å². The van der Waals surface area contributed by atoms with Gasteiger partial charge in [0, 0.05) is 29.9 Å². The molecule has 3 heteroatoms. The lowest BCUT2D eigenvalue weighted by atomic mass is 10.2.